The van der Waals surface area contributed by atoms with Crippen LogP contribution in [0.5, 0.6) is 0 Å². The first-order chi connectivity index (χ1) is 9.09. The second-order valence-corrected chi connectivity index (χ2v) is 5.12. The smallest absolute Gasteiger partial charge is 0.126 e. The van der Waals surface area contributed by atoms with Crippen molar-refractivity contribution in [2.45, 2.75) is 32.9 Å². The van der Waals surface area contributed by atoms with Crippen LogP contribution in [0.2, 0.25) is 0 Å². The van der Waals surface area contributed by atoms with Crippen LogP contribution in [0.25, 0.3) is 0 Å². The van der Waals surface area contributed by atoms with Gasteiger partial charge in [0.2, 0.25) is 0 Å². The molecule has 0 aliphatic rings. The summed E-state index contributed by atoms with van der Waals surface area (Å²) in [5.41, 5.74) is 7.88. The van der Waals surface area contributed by atoms with E-state index in [2.05, 4.69) is 18.8 Å². The molecule has 2 rings (SSSR count). The van der Waals surface area contributed by atoms with Gasteiger partial charge in [-0.3, -0.25) is 0 Å². The zero-order valence-corrected chi connectivity index (χ0v) is 11.4. The van der Waals surface area contributed by atoms with Gasteiger partial charge in [0.05, 0.1) is 12.0 Å². The Bertz CT molecular complexity index is 534. The first kappa shape index (κ1) is 13.7. The molecule has 0 fully saturated rings. The third kappa shape index (κ3) is 3.20. The molecular weight excluding hydrogens is 241 g/mol. The van der Waals surface area contributed by atoms with Gasteiger partial charge in [0.25, 0.3) is 0 Å². The van der Waals surface area contributed by atoms with E-state index in [1.807, 2.05) is 16.7 Å². The number of nitrogens with zero attached hydrogens (tertiary/aromatic N) is 2. The number of hydrogen-bond donors (Lipinski definition) is 1. The average molecular weight is 261 g/mol. The predicted octanol–water partition coefficient (Wildman–Crippen LogP) is 2.92. The quantitative estimate of drug-likeness (QED) is 0.899. The number of nitrogens with two attached hydrogens (primary N) is 1. The van der Waals surface area contributed by atoms with Gasteiger partial charge in [-0.2, -0.15) is 0 Å². The molecule has 0 aliphatic carbocycles. The number of benzene rings is 1. The average Bonchev–Trinajstić information content (AvgIpc) is 2.85. The molecule has 1 atom stereocenters. The first-order valence-corrected chi connectivity index (χ1v) is 6.58. The minimum atomic E-state index is -0.155. The molecule has 4 heteroatoms. The summed E-state index contributed by atoms with van der Waals surface area (Å²) in [7, 11) is 0. The largest absolute Gasteiger partial charge is 0.333 e. The maximum atomic E-state index is 13.6. The van der Waals surface area contributed by atoms with Gasteiger partial charge in [-0.05, 0) is 24.0 Å². The maximum Gasteiger partial charge on any atom is 0.126 e. The van der Waals surface area contributed by atoms with Gasteiger partial charge < -0.3 is 10.3 Å². The highest BCUT2D eigenvalue weighted by atomic mass is 19.1. The highest BCUT2D eigenvalue weighted by Gasteiger charge is 2.15. The molecule has 1 heterocycles. The maximum absolute atomic E-state index is 13.6. The minimum absolute atomic E-state index is 0.0388. The number of halogens is 1. The lowest BCUT2D eigenvalue weighted by atomic mass is 10.0. The van der Waals surface area contributed by atoms with Gasteiger partial charge in [-0.15, -0.1) is 0 Å². The topological polar surface area (TPSA) is 43.8 Å². The van der Waals surface area contributed by atoms with Gasteiger partial charge in [-0.25, -0.2) is 9.37 Å². The molecule has 0 aliphatic heterocycles. The Morgan fingerprint density at radius 2 is 2.05 bits per heavy atom. The van der Waals surface area contributed by atoms with Crippen LogP contribution < -0.4 is 5.73 Å². The second kappa shape index (κ2) is 5.97. The number of hydrogen-bond acceptors (Lipinski definition) is 2. The van der Waals surface area contributed by atoms with Crippen molar-refractivity contribution in [3.8, 4) is 0 Å². The molecule has 1 aromatic carbocycles. The molecule has 0 radical (unpaired) electrons. The molecule has 102 valence electrons. The summed E-state index contributed by atoms with van der Waals surface area (Å²) >= 11 is 0. The molecule has 0 saturated carbocycles. The molecular formula is C15H20FN3. The van der Waals surface area contributed by atoms with E-state index in [9.17, 15) is 4.39 Å². The molecule has 0 bridgehead atoms. The minimum Gasteiger partial charge on any atom is -0.333 e. The summed E-state index contributed by atoms with van der Waals surface area (Å²) in [5, 5.41) is 0. The van der Waals surface area contributed by atoms with Crippen molar-refractivity contribution in [3.63, 3.8) is 0 Å². The molecule has 0 saturated heterocycles. The van der Waals surface area contributed by atoms with Crippen molar-refractivity contribution in [1.82, 2.24) is 9.55 Å². The first-order valence-electron chi connectivity index (χ1n) is 6.58. The summed E-state index contributed by atoms with van der Waals surface area (Å²) in [6.07, 6.45) is 4.20. The van der Waals surface area contributed by atoms with Crippen molar-refractivity contribution in [2.75, 3.05) is 0 Å². The fraction of sp³-hybridized carbons (Fsp3) is 0.400. The van der Waals surface area contributed by atoms with Crippen LogP contribution in [-0.4, -0.2) is 9.55 Å². The van der Waals surface area contributed by atoms with Gasteiger partial charge in [-0.1, -0.05) is 32.0 Å². The Hall–Kier alpha value is -1.68. The van der Waals surface area contributed by atoms with E-state index in [1.165, 1.54) is 6.07 Å². The summed E-state index contributed by atoms with van der Waals surface area (Å²) in [5.74, 6) is 0.196. The van der Waals surface area contributed by atoms with E-state index < -0.39 is 0 Å². The lowest BCUT2D eigenvalue weighted by Crippen LogP contribution is -2.20. The number of aromatic nitrogens is 2. The molecule has 0 spiro atoms. The van der Waals surface area contributed by atoms with E-state index >= 15 is 0 Å². The zero-order valence-electron chi connectivity index (χ0n) is 11.4. The SMILES string of the molecule is CC(C)C(N)c1cncn1CCc1ccccc1F. The van der Waals surface area contributed by atoms with Crippen LogP contribution in [0.15, 0.2) is 36.8 Å². The molecule has 2 N–H and O–H groups in total. The van der Waals surface area contributed by atoms with Gasteiger partial charge in [0, 0.05) is 18.8 Å². The predicted molar refractivity (Wildman–Crippen MR) is 74.1 cm³/mol. The number of rotatable bonds is 5. The highest BCUT2D eigenvalue weighted by molar-refractivity contribution is 5.17. The molecule has 1 aromatic heterocycles. The monoisotopic (exact) mass is 261 g/mol. The van der Waals surface area contributed by atoms with E-state index in [1.54, 1.807) is 18.6 Å². The van der Waals surface area contributed by atoms with Crippen molar-refractivity contribution in [1.29, 1.82) is 0 Å². The lowest BCUT2D eigenvalue weighted by molar-refractivity contribution is 0.476. The van der Waals surface area contributed by atoms with Crippen LogP contribution in [0.4, 0.5) is 4.39 Å². The van der Waals surface area contributed by atoms with Crippen molar-refractivity contribution in [2.24, 2.45) is 11.7 Å². The molecule has 3 nitrogen and oxygen atoms in total. The van der Waals surface area contributed by atoms with Crippen LogP contribution in [0.3, 0.4) is 0 Å². The standard InChI is InChI=1S/C15H20FN3/c1-11(2)15(17)14-9-18-10-19(14)8-7-12-5-3-4-6-13(12)16/h3-6,9-11,15H,7-8,17H2,1-2H3. The van der Waals surface area contributed by atoms with Crippen LogP contribution in [0.1, 0.15) is 31.1 Å². The molecule has 0 amide bonds. The van der Waals surface area contributed by atoms with E-state index in [0.29, 0.717) is 18.9 Å². The highest BCUT2D eigenvalue weighted by Crippen LogP contribution is 2.19. The fourth-order valence-electron chi connectivity index (χ4n) is 2.08. The van der Waals surface area contributed by atoms with Gasteiger partial charge >= 0.3 is 0 Å². The van der Waals surface area contributed by atoms with Crippen LogP contribution >= 0.6 is 0 Å². The molecule has 1 unspecified atom stereocenters. The third-order valence-corrected chi connectivity index (χ3v) is 3.38. The van der Waals surface area contributed by atoms with Gasteiger partial charge in [0.1, 0.15) is 5.82 Å². The Balaban J connectivity index is 2.09. The normalized spacial score (nSPS) is 12.9. The van der Waals surface area contributed by atoms with Gasteiger partial charge in [0.15, 0.2) is 0 Å². The van der Waals surface area contributed by atoms with Crippen LogP contribution in [0, 0.1) is 11.7 Å². The number of imidazole rings is 1. The Kier molecular flexibility index (Phi) is 4.32. The van der Waals surface area contributed by atoms with Crippen molar-refractivity contribution in [3.05, 3.63) is 53.9 Å². The second-order valence-electron chi connectivity index (χ2n) is 5.12. The molecule has 19 heavy (non-hydrogen) atoms. The van der Waals surface area contributed by atoms with E-state index in [4.69, 9.17) is 5.73 Å². The van der Waals surface area contributed by atoms with Crippen LogP contribution in [-0.2, 0) is 13.0 Å². The summed E-state index contributed by atoms with van der Waals surface area (Å²) in [6.45, 7) is 4.86. The number of aryl methyl sites for hydroxylation is 2. The zero-order chi connectivity index (χ0) is 13.8. The Morgan fingerprint density at radius 1 is 1.32 bits per heavy atom. The van der Waals surface area contributed by atoms with Crippen molar-refractivity contribution < 1.29 is 4.39 Å². The summed E-state index contributed by atoms with van der Waals surface area (Å²) < 4.78 is 15.6. The van der Waals surface area contributed by atoms with Crippen molar-refractivity contribution >= 4 is 0 Å². The Morgan fingerprint density at radius 3 is 2.74 bits per heavy atom. The van der Waals surface area contributed by atoms with E-state index in [-0.39, 0.29) is 11.9 Å². The third-order valence-electron chi connectivity index (χ3n) is 3.38. The summed E-state index contributed by atoms with van der Waals surface area (Å²) in [4.78, 5) is 4.15. The van der Waals surface area contributed by atoms with E-state index in [0.717, 1.165) is 11.3 Å². The Labute approximate surface area is 113 Å². The summed E-state index contributed by atoms with van der Waals surface area (Å²) in [6, 6.07) is 6.82. The lowest BCUT2D eigenvalue weighted by Gasteiger charge is -2.17. The molecule has 2 aromatic rings. The fourth-order valence-corrected chi connectivity index (χ4v) is 2.08.